The Bertz CT molecular complexity index is 910. The minimum Gasteiger partial charge on any atom is -0.497 e. The van der Waals surface area contributed by atoms with Crippen LogP contribution < -0.4 is 9.64 Å². The first-order valence-electron chi connectivity index (χ1n) is 8.85. The number of benzene rings is 2. The van der Waals surface area contributed by atoms with Crippen molar-refractivity contribution in [3.05, 3.63) is 59.7 Å². The molecule has 3 rings (SSSR count). The SMILES string of the molecule is COc1ccc(CN(CCC(=O)N2CCc3ccccc32)S(C)(=O)=O)cc1. The lowest BCUT2D eigenvalue weighted by Crippen LogP contribution is -2.35. The Morgan fingerprint density at radius 2 is 1.85 bits per heavy atom. The van der Waals surface area contributed by atoms with Crippen LogP contribution in [0, 0.1) is 0 Å². The van der Waals surface area contributed by atoms with Gasteiger partial charge in [0.2, 0.25) is 15.9 Å². The maximum absolute atomic E-state index is 12.7. The van der Waals surface area contributed by atoms with Gasteiger partial charge >= 0.3 is 0 Å². The summed E-state index contributed by atoms with van der Waals surface area (Å²) in [5.74, 6) is 0.663. The number of hydrogen-bond acceptors (Lipinski definition) is 4. The van der Waals surface area contributed by atoms with E-state index in [-0.39, 0.29) is 25.4 Å². The summed E-state index contributed by atoms with van der Waals surface area (Å²) in [6, 6.07) is 15.1. The minimum absolute atomic E-state index is 0.0525. The molecule has 144 valence electrons. The number of ether oxygens (including phenoxy) is 1. The normalized spacial score (nSPS) is 13.7. The number of methoxy groups -OCH3 is 1. The van der Waals surface area contributed by atoms with Crippen LogP contribution in [0.2, 0.25) is 0 Å². The summed E-state index contributed by atoms with van der Waals surface area (Å²) >= 11 is 0. The Hall–Kier alpha value is -2.38. The molecule has 1 amide bonds. The van der Waals surface area contributed by atoms with Gasteiger partial charge in [-0.25, -0.2) is 8.42 Å². The molecule has 27 heavy (non-hydrogen) atoms. The molecule has 0 aliphatic carbocycles. The molecular formula is C20H24N2O4S. The van der Waals surface area contributed by atoms with Crippen molar-refractivity contribution in [2.24, 2.45) is 0 Å². The second-order valence-electron chi connectivity index (χ2n) is 6.62. The lowest BCUT2D eigenvalue weighted by atomic mass is 10.2. The molecule has 0 atom stereocenters. The summed E-state index contributed by atoms with van der Waals surface area (Å²) in [6.45, 7) is 1.03. The first kappa shape index (κ1) is 19.4. The number of sulfonamides is 1. The number of para-hydroxylation sites is 1. The molecule has 1 heterocycles. The van der Waals surface area contributed by atoms with E-state index in [9.17, 15) is 13.2 Å². The fourth-order valence-electron chi connectivity index (χ4n) is 3.25. The lowest BCUT2D eigenvalue weighted by molar-refractivity contribution is -0.118. The number of nitrogens with zero attached hydrogens (tertiary/aromatic N) is 2. The van der Waals surface area contributed by atoms with Gasteiger partial charge in [0, 0.05) is 31.7 Å². The molecule has 2 aromatic rings. The summed E-state index contributed by atoms with van der Waals surface area (Å²) < 4.78 is 30.8. The number of hydrogen-bond donors (Lipinski definition) is 0. The van der Waals surface area contributed by atoms with Crippen LogP contribution in [-0.4, -0.2) is 45.1 Å². The first-order chi connectivity index (χ1) is 12.9. The van der Waals surface area contributed by atoms with E-state index in [0.29, 0.717) is 12.3 Å². The molecule has 0 unspecified atom stereocenters. The smallest absolute Gasteiger partial charge is 0.228 e. The van der Waals surface area contributed by atoms with E-state index >= 15 is 0 Å². The molecule has 0 saturated carbocycles. The average Bonchev–Trinajstić information content (AvgIpc) is 3.08. The van der Waals surface area contributed by atoms with Gasteiger partial charge in [0.05, 0.1) is 13.4 Å². The summed E-state index contributed by atoms with van der Waals surface area (Å²) in [6.07, 6.45) is 2.16. The highest BCUT2D eigenvalue weighted by molar-refractivity contribution is 7.88. The summed E-state index contributed by atoms with van der Waals surface area (Å²) in [5, 5.41) is 0. The van der Waals surface area contributed by atoms with Gasteiger partial charge in [-0.3, -0.25) is 4.79 Å². The highest BCUT2D eigenvalue weighted by Crippen LogP contribution is 2.28. The van der Waals surface area contributed by atoms with Crippen LogP contribution in [0.25, 0.3) is 0 Å². The fraction of sp³-hybridized carbons (Fsp3) is 0.350. The largest absolute Gasteiger partial charge is 0.497 e. The zero-order valence-electron chi connectivity index (χ0n) is 15.6. The first-order valence-corrected chi connectivity index (χ1v) is 10.7. The van der Waals surface area contributed by atoms with Gasteiger partial charge in [-0.2, -0.15) is 4.31 Å². The molecule has 0 aromatic heterocycles. The zero-order chi connectivity index (χ0) is 19.4. The molecule has 0 fully saturated rings. The predicted molar refractivity (Wildman–Crippen MR) is 105 cm³/mol. The van der Waals surface area contributed by atoms with Crippen molar-refractivity contribution >= 4 is 21.6 Å². The van der Waals surface area contributed by atoms with Crippen LogP contribution in [0.3, 0.4) is 0 Å². The zero-order valence-corrected chi connectivity index (χ0v) is 16.4. The van der Waals surface area contributed by atoms with Crippen molar-refractivity contribution in [3.63, 3.8) is 0 Å². The number of rotatable bonds is 7. The van der Waals surface area contributed by atoms with Crippen molar-refractivity contribution in [1.82, 2.24) is 4.31 Å². The minimum atomic E-state index is -3.43. The van der Waals surface area contributed by atoms with E-state index < -0.39 is 10.0 Å². The number of amides is 1. The number of anilines is 1. The molecular weight excluding hydrogens is 364 g/mol. The molecule has 0 radical (unpaired) electrons. The van der Waals surface area contributed by atoms with E-state index in [4.69, 9.17) is 4.74 Å². The Labute approximate surface area is 160 Å². The second-order valence-corrected chi connectivity index (χ2v) is 8.60. The second kappa shape index (κ2) is 8.10. The third-order valence-electron chi connectivity index (χ3n) is 4.75. The topological polar surface area (TPSA) is 66.9 Å². The van der Waals surface area contributed by atoms with E-state index in [1.807, 2.05) is 36.4 Å². The van der Waals surface area contributed by atoms with Gasteiger partial charge in [0.1, 0.15) is 5.75 Å². The van der Waals surface area contributed by atoms with E-state index in [0.717, 1.165) is 23.2 Å². The Morgan fingerprint density at radius 3 is 2.52 bits per heavy atom. The molecule has 7 heteroatoms. The van der Waals surface area contributed by atoms with E-state index in [1.54, 1.807) is 24.1 Å². The highest BCUT2D eigenvalue weighted by atomic mass is 32.2. The monoisotopic (exact) mass is 388 g/mol. The maximum atomic E-state index is 12.7. The van der Waals surface area contributed by atoms with Crippen molar-refractivity contribution in [1.29, 1.82) is 0 Å². The van der Waals surface area contributed by atoms with Gasteiger partial charge in [0.15, 0.2) is 0 Å². The number of carbonyl (C=O) groups excluding carboxylic acids is 1. The predicted octanol–water partition coefficient (Wildman–Crippen LogP) is 2.44. The lowest BCUT2D eigenvalue weighted by Gasteiger charge is -2.22. The molecule has 0 spiro atoms. The van der Waals surface area contributed by atoms with Crippen LogP contribution in [0.1, 0.15) is 17.5 Å². The van der Waals surface area contributed by atoms with Crippen LogP contribution in [0.5, 0.6) is 5.75 Å². The van der Waals surface area contributed by atoms with Gasteiger partial charge < -0.3 is 9.64 Å². The van der Waals surface area contributed by atoms with E-state index in [1.165, 1.54) is 10.6 Å². The molecule has 1 aliphatic heterocycles. The molecule has 2 aromatic carbocycles. The third-order valence-corrected chi connectivity index (χ3v) is 6.00. The summed E-state index contributed by atoms with van der Waals surface area (Å²) in [4.78, 5) is 14.4. The standard InChI is InChI=1S/C20H24N2O4S/c1-26-18-9-7-16(8-10-18)15-21(27(2,24)25)13-12-20(23)22-14-11-17-5-3-4-6-19(17)22/h3-10H,11-15H2,1-2H3. The summed E-state index contributed by atoms with van der Waals surface area (Å²) in [5.41, 5.74) is 2.94. The molecule has 0 bridgehead atoms. The van der Waals surface area contributed by atoms with Gasteiger partial charge in [-0.1, -0.05) is 30.3 Å². The van der Waals surface area contributed by atoms with Gasteiger partial charge in [-0.05, 0) is 35.7 Å². The highest BCUT2D eigenvalue weighted by Gasteiger charge is 2.25. The van der Waals surface area contributed by atoms with Crippen LogP contribution in [0.15, 0.2) is 48.5 Å². The van der Waals surface area contributed by atoms with Gasteiger partial charge in [0.25, 0.3) is 0 Å². The van der Waals surface area contributed by atoms with Crippen molar-refractivity contribution in [2.45, 2.75) is 19.4 Å². The molecule has 6 nitrogen and oxygen atoms in total. The van der Waals surface area contributed by atoms with Crippen molar-refractivity contribution < 1.29 is 17.9 Å². The van der Waals surface area contributed by atoms with Crippen LogP contribution in [0.4, 0.5) is 5.69 Å². The number of carbonyl (C=O) groups is 1. The molecule has 0 N–H and O–H groups in total. The van der Waals surface area contributed by atoms with Crippen LogP contribution in [-0.2, 0) is 27.8 Å². The Kier molecular flexibility index (Phi) is 5.82. The average molecular weight is 388 g/mol. The molecule has 0 saturated heterocycles. The van der Waals surface area contributed by atoms with Crippen molar-refractivity contribution in [2.75, 3.05) is 31.4 Å². The number of fused-ring (bicyclic) bond motifs is 1. The van der Waals surface area contributed by atoms with Crippen molar-refractivity contribution in [3.8, 4) is 5.75 Å². The maximum Gasteiger partial charge on any atom is 0.228 e. The van der Waals surface area contributed by atoms with E-state index in [2.05, 4.69) is 0 Å². The summed E-state index contributed by atoms with van der Waals surface area (Å²) in [7, 11) is -1.84. The van der Waals surface area contributed by atoms with Crippen LogP contribution >= 0.6 is 0 Å². The third kappa shape index (κ3) is 4.67. The fourth-order valence-corrected chi connectivity index (χ4v) is 4.06. The van der Waals surface area contributed by atoms with Gasteiger partial charge in [-0.15, -0.1) is 0 Å². The Balaban J connectivity index is 1.66. The quantitative estimate of drug-likeness (QED) is 0.731. The molecule has 1 aliphatic rings. The Morgan fingerprint density at radius 1 is 1.15 bits per heavy atom.